The smallest absolute Gasteiger partial charge is 0.119 e. The van der Waals surface area contributed by atoms with E-state index in [9.17, 15) is 0 Å². The van der Waals surface area contributed by atoms with E-state index in [1.54, 1.807) is 7.11 Å². The van der Waals surface area contributed by atoms with Crippen LogP contribution in [0.25, 0.3) is 10.8 Å². The van der Waals surface area contributed by atoms with Crippen LogP contribution in [-0.2, 0) is 6.54 Å². The van der Waals surface area contributed by atoms with Crippen molar-refractivity contribution < 1.29 is 4.74 Å². The number of nitrogens with two attached hydrogens (primary N) is 1. The Balaban J connectivity index is 2.76. The third-order valence-corrected chi connectivity index (χ3v) is 3.16. The van der Waals surface area contributed by atoms with E-state index in [1.807, 2.05) is 6.07 Å². The normalized spacial score (nSPS) is 11.1. The highest BCUT2D eigenvalue weighted by Gasteiger charge is 2.10. The molecule has 2 rings (SSSR count). The van der Waals surface area contributed by atoms with Gasteiger partial charge in [0.05, 0.1) is 7.11 Å². The second-order valence-corrected chi connectivity index (χ2v) is 4.58. The Morgan fingerprint density at radius 2 is 1.88 bits per heavy atom. The van der Waals surface area contributed by atoms with Crippen LogP contribution in [0.15, 0.2) is 30.3 Å². The molecule has 2 aromatic rings. The monoisotopic (exact) mass is 229 g/mol. The Morgan fingerprint density at radius 1 is 1.18 bits per heavy atom. The number of ether oxygens (including phenoxy) is 1. The van der Waals surface area contributed by atoms with Gasteiger partial charge in [-0.05, 0) is 39.9 Å². The van der Waals surface area contributed by atoms with Gasteiger partial charge in [0.1, 0.15) is 5.75 Å². The predicted octanol–water partition coefficient (Wildman–Crippen LogP) is 3.43. The quantitative estimate of drug-likeness (QED) is 0.875. The van der Waals surface area contributed by atoms with Crippen LogP contribution in [-0.4, -0.2) is 7.11 Å². The molecular weight excluding hydrogens is 210 g/mol. The van der Waals surface area contributed by atoms with Gasteiger partial charge in [0.15, 0.2) is 0 Å². The van der Waals surface area contributed by atoms with Crippen molar-refractivity contribution in [3.8, 4) is 5.75 Å². The van der Waals surface area contributed by atoms with Crippen molar-refractivity contribution in [2.45, 2.75) is 26.3 Å². The Bertz CT molecular complexity index is 526. The van der Waals surface area contributed by atoms with Crippen LogP contribution >= 0.6 is 0 Å². The summed E-state index contributed by atoms with van der Waals surface area (Å²) in [7, 11) is 1.70. The summed E-state index contributed by atoms with van der Waals surface area (Å²) < 4.78 is 5.30. The largest absolute Gasteiger partial charge is 0.497 e. The van der Waals surface area contributed by atoms with Gasteiger partial charge in [0.2, 0.25) is 0 Å². The van der Waals surface area contributed by atoms with Gasteiger partial charge in [-0.25, -0.2) is 0 Å². The van der Waals surface area contributed by atoms with Crippen molar-refractivity contribution >= 4 is 10.8 Å². The number of hydrogen-bond acceptors (Lipinski definition) is 2. The molecule has 0 atom stereocenters. The topological polar surface area (TPSA) is 35.2 Å². The summed E-state index contributed by atoms with van der Waals surface area (Å²) in [5.41, 5.74) is 8.38. The van der Waals surface area contributed by atoms with Gasteiger partial charge in [-0.1, -0.05) is 32.0 Å². The molecule has 0 heterocycles. The van der Waals surface area contributed by atoms with Gasteiger partial charge in [0.25, 0.3) is 0 Å². The Morgan fingerprint density at radius 3 is 2.47 bits per heavy atom. The minimum atomic E-state index is 0.462. The molecule has 0 saturated heterocycles. The number of rotatable bonds is 3. The van der Waals surface area contributed by atoms with Gasteiger partial charge in [-0.2, -0.15) is 0 Å². The summed E-state index contributed by atoms with van der Waals surface area (Å²) in [5.74, 6) is 1.36. The molecule has 0 radical (unpaired) electrons. The molecule has 17 heavy (non-hydrogen) atoms. The number of hydrogen-bond donors (Lipinski definition) is 1. The van der Waals surface area contributed by atoms with E-state index in [0.29, 0.717) is 12.5 Å². The fourth-order valence-corrected chi connectivity index (χ4v) is 2.35. The van der Waals surface area contributed by atoms with E-state index >= 15 is 0 Å². The maximum Gasteiger partial charge on any atom is 0.119 e. The fraction of sp³-hybridized carbons (Fsp3) is 0.333. The lowest BCUT2D eigenvalue weighted by Crippen LogP contribution is -2.03. The van der Waals surface area contributed by atoms with E-state index in [-0.39, 0.29) is 0 Å². The molecule has 0 amide bonds. The predicted molar refractivity (Wildman–Crippen MR) is 72.5 cm³/mol. The molecule has 2 aromatic carbocycles. The Hall–Kier alpha value is -1.54. The molecule has 0 aliphatic heterocycles. The first-order valence-electron chi connectivity index (χ1n) is 5.97. The van der Waals surface area contributed by atoms with Crippen LogP contribution in [0, 0.1) is 0 Å². The zero-order valence-corrected chi connectivity index (χ0v) is 10.7. The maximum absolute atomic E-state index is 5.82. The fourth-order valence-electron chi connectivity index (χ4n) is 2.35. The molecule has 0 unspecified atom stereocenters. The summed E-state index contributed by atoms with van der Waals surface area (Å²) in [6.07, 6.45) is 0. The maximum atomic E-state index is 5.82. The summed E-state index contributed by atoms with van der Waals surface area (Å²) in [6, 6.07) is 10.5. The van der Waals surface area contributed by atoms with Crippen LogP contribution in [0.2, 0.25) is 0 Å². The zero-order chi connectivity index (χ0) is 12.4. The van der Waals surface area contributed by atoms with Crippen molar-refractivity contribution in [2.24, 2.45) is 5.73 Å². The van der Waals surface area contributed by atoms with E-state index in [4.69, 9.17) is 10.5 Å². The standard InChI is InChI=1S/C15H19NO/c1-10(2)15-12(9-16)5-4-11-6-7-13(17-3)8-14(11)15/h4-8,10H,9,16H2,1-3H3. The van der Waals surface area contributed by atoms with Gasteiger partial charge >= 0.3 is 0 Å². The molecule has 2 N–H and O–H groups in total. The molecule has 0 aliphatic carbocycles. The van der Waals surface area contributed by atoms with Crippen LogP contribution in [0.1, 0.15) is 30.9 Å². The summed E-state index contributed by atoms with van der Waals surface area (Å²) in [6.45, 7) is 4.99. The van der Waals surface area contributed by atoms with E-state index in [0.717, 1.165) is 5.75 Å². The summed E-state index contributed by atoms with van der Waals surface area (Å²) >= 11 is 0. The molecule has 0 saturated carbocycles. The lowest BCUT2D eigenvalue weighted by Gasteiger charge is -2.15. The summed E-state index contributed by atoms with van der Waals surface area (Å²) in [4.78, 5) is 0. The van der Waals surface area contributed by atoms with Crippen LogP contribution < -0.4 is 10.5 Å². The van der Waals surface area contributed by atoms with Gasteiger partial charge in [-0.3, -0.25) is 0 Å². The molecule has 2 heteroatoms. The minimum Gasteiger partial charge on any atom is -0.497 e. The molecule has 0 spiro atoms. The first kappa shape index (κ1) is 11.9. The average Bonchev–Trinajstić information content (AvgIpc) is 2.36. The van der Waals surface area contributed by atoms with Gasteiger partial charge in [-0.15, -0.1) is 0 Å². The number of benzene rings is 2. The lowest BCUT2D eigenvalue weighted by molar-refractivity contribution is 0.415. The van der Waals surface area contributed by atoms with Crippen LogP contribution in [0.3, 0.4) is 0 Å². The molecule has 0 fully saturated rings. The van der Waals surface area contributed by atoms with Crippen molar-refractivity contribution in [1.29, 1.82) is 0 Å². The second kappa shape index (κ2) is 4.76. The molecule has 0 aliphatic rings. The number of fused-ring (bicyclic) bond motifs is 1. The van der Waals surface area contributed by atoms with E-state index < -0.39 is 0 Å². The van der Waals surface area contributed by atoms with Crippen molar-refractivity contribution in [3.05, 3.63) is 41.5 Å². The van der Waals surface area contributed by atoms with Crippen LogP contribution in [0.5, 0.6) is 5.75 Å². The lowest BCUT2D eigenvalue weighted by atomic mass is 9.91. The SMILES string of the molecule is COc1ccc2ccc(CN)c(C(C)C)c2c1. The molecular formula is C15H19NO. The highest BCUT2D eigenvalue weighted by Crippen LogP contribution is 2.31. The average molecular weight is 229 g/mol. The third-order valence-electron chi connectivity index (χ3n) is 3.16. The Labute approximate surface area is 102 Å². The van der Waals surface area contributed by atoms with Crippen LogP contribution in [0.4, 0.5) is 0 Å². The summed E-state index contributed by atoms with van der Waals surface area (Å²) in [5, 5.41) is 2.49. The number of methoxy groups -OCH3 is 1. The van der Waals surface area contributed by atoms with Crippen molar-refractivity contribution in [1.82, 2.24) is 0 Å². The molecule has 2 nitrogen and oxygen atoms in total. The van der Waals surface area contributed by atoms with E-state index in [1.165, 1.54) is 21.9 Å². The Kier molecular flexibility index (Phi) is 3.34. The minimum absolute atomic E-state index is 0.462. The van der Waals surface area contributed by atoms with E-state index in [2.05, 4.69) is 38.1 Å². The molecule has 90 valence electrons. The first-order chi connectivity index (χ1) is 8.17. The van der Waals surface area contributed by atoms with Gasteiger partial charge < -0.3 is 10.5 Å². The zero-order valence-electron chi connectivity index (χ0n) is 10.7. The van der Waals surface area contributed by atoms with Gasteiger partial charge in [0, 0.05) is 6.54 Å². The highest BCUT2D eigenvalue weighted by atomic mass is 16.5. The van der Waals surface area contributed by atoms with Crippen molar-refractivity contribution in [3.63, 3.8) is 0 Å². The molecule has 0 aromatic heterocycles. The third kappa shape index (κ3) is 2.13. The first-order valence-corrected chi connectivity index (χ1v) is 5.97. The highest BCUT2D eigenvalue weighted by molar-refractivity contribution is 5.88. The van der Waals surface area contributed by atoms with Crippen molar-refractivity contribution in [2.75, 3.05) is 7.11 Å². The second-order valence-electron chi connectivity index (χ2n) is 4.58. The molecule has 0 bridgehead atoms.